The number of benzene rings is 1. The zero-order valence-corrected chi connectivity index (χ0v) is 20.4. The van der Waals surface area contributed by atoms with E-state index >= 15 is 0 Å². The van der Waals surface area contributed by atoms with Crippen LogP contribution in [0.4, 0.5) is 5.13 Å². The molecular weight excluding hydrogens is 462 g/mol. The van der Waals surface area contributed by atoms with Gasteiger partial charge in [-0.15, -0.1) is 21.8 Å². The fourth-order valence-corrected chi connectivity index (χ4v) is 6.28. The van der Waals surface area contributed by atoms with Crippen LogP contribution in [-0.4, -0.2) is 40.5 Å². The van der Waals surface area contributed by atoms with E-state index in [-0.39, 0.29) is 34.8 Å². The lowest BCUT2D eigenvalue weighted by Crippen LogP contribution is -2.41. The molecule has 1 aromatic carbocycles. The maximum atomic E-state index is 13.7. The number of ether oxygens (including phenoxy) is 2. The summed E-state index contributed by atoms with van der Waals surface area (Å²) in [6.45, 7) is 4.22. The topological polar surface area (TPSA) is 81.6 Å². The largest absolute Gasteiger partial charge is 0.497 e. The molecule has 2 aliphatic heterocycles. The van der Waals surface area contributed by atoms with Crippen molar-refractivity contribution in [2.75, 3.05) is 12.0 Å². The number of aromatic nitrogens is 2. The second-order valence-electron chi connectivity index (χ2n) is 9.21. The Hall–Kier alpha value is -2.45. The number of alkyl halides is 1. The van der Waals surface area contributed by atoms with Crippen molar-refractivity contribution in [3.63, 3.8) is 0 Å². The summed E-state index contributed by atoms with van der Waals surface area (Å²) in [6.07, 6.45) is 2.46. The van der Waals surface area contributed by atoms with Crippen LogP contribution in [0, 0.1) is 11.8 Å². The predicted molar refractivity (Wildman–Crippen MR) is 126 cm³/mol. The SMILES string of the molecule is COc1ccc(C2C3=C(OC4CCC(Cl)CC4C3=O)C(=O)N2c2nnc(CC(C)C)s2)cc1. The smallest absolute Gasteiger partial charge is 0.296 e. The number of carbonyl (C=O) groups excluding carboxylic acids is 2. The number of carbonyl (C=O) groups is 2. The maximum Gasteiger partial charge on any atom is 0.296 e. The van der Waals surface area contributed by atoms with Gasteiger partial charge in [-0.3, -0.25) is 14.5 Å². The van der Waals surface area contributed by atoms with E-state index in [0.717, 1.165) is 23.4 Å². The molecule has 1 aliphatic carbocycles. The Balaban J connectivity index is 1.59. The minimum Gasteiger partial charge on any atom is -0.497 e. The van der Waals surface area contributed by atoms with Crippen LogP contribution < -0.4 is 9.64 Å². The summed E-state index contributed by atoms with van der Waals surface area (Å²) < 4.78 is 11.5. The fraction of sp³-hybridized carbons (Fsp3) is 0.500. The normalized spacial score (nSPS) is 27.0. The lowest BCUT2D eigenvalue weighted by Gasteiger charge is -2.37. The molecule has 0 N–H and O–H groups in total. The van der Waals surface area contributed by atoms with Gasteiger partial charge in [0.15, 0.2) is 11.5 Å². The minimum atomic E-state index is -0.623. The Morgan fingerprint density at radius 3 is 2.67 bits per heavy atom. The van der Waals surface area contributed by atoms with Crippen molar-refractivity contribution >= 4 is 39.8 Å². The number of hydrogen-bond donors (Lipinski definition) is 0. The lowest BCUT2D eigenvalue weighted by atomic mass is 9.77. The molecule has 0 bridgehead atoms. The van der Waals surface area contributed by atoms with Gasteiger partial charge in [-0.25, -0.2) is 0 Å². The predicted octanol–water partition coefficient (Wildman–Crippen LogP) is 4.46. The molecule has 3 heterocycles. The molecule has 7 nitrogen and oxygen atoms in total. The van der Waals surface area contributed by atoms with E-state index in [1.807, 2.05) is 24.3 Å². The van der Waals surface area contributed by atoms with Crippen molar-refractivity contribution in [2.24, 2.45) is 11.8 Å². The fourth-order valence-electron chi connectivity index (χ4n) is 4.89. The summed E-state index contributed by atoms with van der Waals surface area (Å²) >= 11 is 7.78. The maximum absolute atomic E-state index is 13.7. The molecule has 4 unspecified atom stereocenters. The Morgan fingerprint density at radius 1 is 1.21 bits per heavy atom. The lowest BCUT2D eigenvalue weighted by molar-refractivity contribution is -0.131. The summed E-state index contributed by atoms with van der Waals surface area (Å²) in [6, 6.07) is 6.78. The molecular formula is C24H26ClN3O4S. The van der Waals surface area contributed by atoms with Crippen LogP contribution in [0.3, 0.4) is 0 Å². The molecule has 1 fully saturated rings. The molecule has 5 rings (SSSR count). The third-order valence-corrected chi connectivity index (χ3v) is 7.80. The van der Waals surface area contributed by atoms with Crippen LogP contribution in [0.25, 0.3) is 0 Å². The Kier molecular flexibility index (Phi) is 5.91. The first kappa shape index (κ1) is 22.3. The Bertz CT molecular complexity index is 1110. The summed E-state index contributed by atoms with van der Waals surface area (Å²) in [5, 5.41) is 9.90. The molecule has 2 aromatic rings. The first-order chi connectivity index (χ1) is 15.9. The molecule has 4 atom stereocenters. The molecule has 1 amide bonds. The van der Waals surface area contributed by atoms with Gasteiger partial charge >= 0.3 is 0 Å². The van der Waals surface area contributed by atoms with E-state index in [9.17, 15) is 9.59 Å². The van der Waals surface area contributed by atoms with Gasteiger partial charge in [0.2, 0.25) is 5.13 Å². The summed E-state index contributed by atoms with van der Waals surface area (Å²) in [5.74, 6) is 0.547. The molecule has 1 saturated carbocycles. The number of halogens is 1. The van der Waals surface area contributed by atoms with Gasteiger partial charge in [0, 0.05) is 11.8 Å². The van der Waals surface area contributed by atoms with Gasteiger partial charge in [0.05, 0.1) is 24.6 Å². The highest BCUT2D eigenvalue weighted by molar-refractivity contribution is 7.15. The molecule has 9 heteroatoms. The third kappa shape index (κ3) is 3.93. The van der Waals surface area contributed by atoms with Gasteiger partial charge < -0.3 is 9.47 Å². The zero-order valence-electron chi connectivity index (χ0n) is 18.8. The molecule has 3 aliphatic rings. The van der Waals surface area contributed by atoms with E-state index in [1.165, 1.54) is 11.3 Å². The van der Waals surface area contributed by atoms with E-state index in [1.54, 1.807) is 12.0 Å². The molecule has 0 spiro atoms. The number of amides is 1. The average molecular weight is 488 g/mol. The van der Waals surface area contributed by atoms with Crippen molar-refractivity contribution < 1.29 is 19.1 Å². The molecule has 0 radical (unpaired) electrons. The first-order valence-corrected chi connectivity index (χ1v) is 12.5. The number of hydrogen-bond acceptors (Lipinski definition) is 7. The van der Waals surface area contributed by atoms with Crippen molar-refractivity contribution in [1.29, 1.82) is 0 Å². The molecule has 174 valence electrons. The quantitative estimate of drug-likeness (QED) is 0.579. The van der Waals surface area contributed by atoms with Gasteiger partial charge in [0.25, 0.3) is 5.91 Å². The van der Waals surface area contributed by atoms with E-state index < -0.39 is 6.04 Å². The van der Waals surface area contributed by atoms with E-state index in [0.29, 0.717) is 35.2 Å². The van der Waals surface area contributed by atoms with Gasteiger partial charge in [-0.2, -0.15) is 0 Å². The Morgan fingerprint density at radius 2 is 1.97 bits per heavy atom. The van der Waals surface area contributed by atoms with Crippen molar-refractivity contribution in [2.45, 2.75) is 57.1 Å². The summed E-state index contributed by atoms with van der Waals surface area (Å²) in [5.41, 5.74) is 1.20. The average Bonchev–Trinajstić information content (AvgIpc) is 3.36. The van der Waals surface area contributed by atoms with Crippen molar-refractivity contribution in [1.82, 2.24) is 10.2 Å². The van der Waals surface area contributed by atoms with Crippen LogP contribution in [-0.2, 0) is 20.7 Å². The van der Waals surface area contributed by atoms with E-state index in [2.05, 4.69) is 24.0 Å². The van der Waals surface area contributed by atoms with Gasteiger partial charge in [0.1, 0.15) is 16.9 Å². The number of fused-ring (bicyclic) bond motifs is 1. The molecule has 1 aromatic heterocycles. The number of nitrogens with zero attached hydrogens (tertiary/aromatic N) is 3. The van der Waals surface area contributed by atoms with Crippen LogP contribution >= 0.6 is 22.9 Å². The number of anilines is 1. The second kappa shape index (κ2) is 8.72. The summed E-state index contributed by atoms with van der Waals surface area (Å²) in [4.78, 5) is 28.9. The van der Waals surface area contributed by atoms with E-state index in [4.69, 9.17) is 21.1 Å². The van der Waals surface area contributed by atoms with Crippen molar-refractivity contribution in [3.8, 4) is 5.75 Å². The second-order valence-corrected chi connectivity index (χ2v) is 10.9. The molecule has 0 saturated heterocycles. The monoisotopic (exact) mass is 487 g/mol. The summed E-state index contributed by atoms with van der Waals surface area (Å²) in [7, 11) is 1.60. The highest BCUT2D eigenvalue weighted by Crippen LogP contribution is 2.49. The molecule has 33 heavy (non-hydrogen) atoms. The van der Waals surface area contributed by atoms with Gasteiger partial charge in [-0.1, -0.05) is 37.3 Å². The number of Topliss-reactive ketones (excluding diaryl/α,β-unsaturated/α-hetero) is 1. The third-order valence-electron chi connectivity index (χ3n) is 6.46. The first-order valence-electron chi connectivity index (χ1n) is 11.3. The highest BCUT2D eigenvalue weighted by Gasteiger charge is 2.53. The number of ketones is 1. The minimum absolute atomic E-state index is 0.0461. The number of methoxy groups -OCH3 is 1. The van der Waals surface area contributed by atoms with Crippen LogP contribution in [0.5, 0.6) is 5.75 Å². The highest BCUT2D eigenvalue weighted by atomic mass is 35.5. The number of rotatable bonds is 5. The Labute approximate surface area is 201 Å². The van der Waals surface area contributed by atoms with Crippen LogP contribution in [0.2, 0.25) is 0 Å². The van der Waals surface area contributed by atoms with Crippen LogP contribution in [0.15, 0.2) is 35.6 Å². The van der Waals surface area contributed by atoms with Crippen molar-refractivity contribution in [3.05, 3.63) is 46.2 Å². The zero-order chi connectivity index (χ0) is 23.3. The van der Waals surface area contributed by atoms with Crippen LogP contribution in [0.1, 0.15) is 49.7 Å². The van der Waals surface area contributed by atoms with Gasteiger partial charge in [-0.05, 0) is 42.9 Å². The standard InChI is InChI=1S/C24H26ClN3O4S/c1-12(2)10-18-26-27-24(33-18)28-20(13-4-7-15(31-3)8-5-13)19-21(29)16-11-14(25)6-9-17(16)32-22(19)23(28)30/h4-5,7-8,12,14,16-17,20H,6,9-11H2,1-3H3.